The van der Waals surface area contributed by atoms with Gasteiger partial charge >= 0.3 is 0 Å². The molecule has 6 aromatic rings. The minimum atomic E-state index is -0.301. The number of pyridine rings is 2. The van der Waals surface area contributed by atoms with Gasteiger partial charge in [-0.15, -0.1) is 0 Å². The summed E-state index contributed by atoms with van der Waals surface area (Å²) < 4.78 is 13.9. The van der Waals surface area contributed by atoms with Crippen molar-refractivity contribution in [2.24, 2.45) is 0 Å². The molecule has 0 atom stereocenters. The summed E-state index contributed by atoms with van der Waals surface area (Å²) in [6.45, 7) is 0.820. The Morgan fingerprint density at radius 2 is 1.74 bits per heavy atom. The molecule has 0 aliphatic carbocycles. The number of nitrogens with zero attached hydrogens (tertiary/aromatic N) is 5. The lowest BCUT2D eigenvalue weighted by atomic mass is 10.0. The Morgan fingerprint density at radius 1 is 0.857 bits per heavy atom. The van der Waals surface area contributed by atoms with E-state index in [4.69, 9.17) is 4.98 Å². The second kappa shape index (κ2) is 8.41. The Morgan fingerprint density at radius 3 is 2.60 bits per heavy atom. The lowest BCUT2D eigenvalue weighted by Crippen LogP contribution is -2.10. The van der Waals surface area contributed by atoms with Crippen LogP contribution in [0.25, 0.3) is 55.7 Å². The summed E-state index contributed by atoms with van der Waals surface area (Å²) in [7, 11) is 4.08. The van der Waals surface area contributed by atoms with Crippen LogP contribution in [0.1, 0.15) is 5.56 Å². The smallest absolute Gasteiger partial charge is 0.159 e. The van der Waals surface area contributed by atoms with E-state index in [0.29, 0.717) is 17.0 Å². The summed E-state index contributed by atoms with van der Waals surface area (Å²) in [5.41, 5.74) is 7.81. The molecule has 7 nitrogen and oxygen atoms in total. The van der Waals surface area contributed by atoms with Crippen LogP contribution in [0.5, 0.6) is 0 Å². The van der Waals surface area contributed by atoms with Crippen LogP contribution in [0.4, 0.5) is 4.39 Å². The molecule has 4 aromatic heterocycles. The van der Waals surface area contributed by atoms with Crippen LogP contribution in [0.15, 0.2) is 73.3 Å². The third-order valence-corrected chi connectivity index (χ3v) is 5.94. The van der Waals surface area contributed by atoms with Gasteiger partial charge in [-0.2, -0.15) is 5.10 Å². The number of H-pyrrole nitrogens is 2. The number of imidazole rings is 1. The van der Waals surface area contributed by atoms with Gasteiger partial charge in [0.05, 0.1) is 22.7 Å². The van der Waals surface area contributed by atoms with Crippen LogP contribution in [0, 0.1) is 5.82 Å². The zero-order valence-electron chi connectivity index (χ0n) is 19.2. The van der Waals surface area contributed by atoms with E-state index < -0.39 is 0 Å². The summed E-state index contributed by atoms with van der Waals surface area (Å²) in [5.74, 6) is 0.318. The monoisotopic (exact) mass is 463 g/mol. The van der Waals surface area contributed by atoms with Crippen LogP contribution < -0.4 is 0 Å². The molecule has 0 aliphatic heterocycles. The van der Waals surface area contributed by atoms with Crippen LogP contribution in [-0.4, -0.2) is 49.1 Å². The zero-order valence-corrected chi connectivity index (χ0v) is 19.2. The van der Waals surface area contributed by atoms with Crippen molar-refractivity contribution < 1.29 is 4.39 Å². The number of aromatic amines is 2. The van der Waals surface area contributed by atoms with Gasteiger partial charge in [0.15, 0.2) is 5.82 Å². The quantitative estimate of drug-likeness (QED) is 0.356. The maximum absolute atomic E-state index is 13.9. The second-order valence-electron chi connectivity index (χ2n) is 8.83. The fraction of sp³-hybridized carbons (Fsp3) is 0.111. The number of hydrogen-bond donors (Lipinski definition) is 2. The molecule has 35 heavy (non-hydrogen) atoms. The molecule has 2 aromatic carbocycles. The Kier molecular flexibility index (Phi) is 5.08. The van der Waals surface area contributed by atoms with E-state index in [1.807, 2.05) is 38.6 Å². The van der Waals surface area contributed by atoms with Crippen molar-refractivity contribution in [1.82, 2.24) is 35.0 Å². The first-order valence-electron chi connectivity index (χ1n) is 11.2. The first-order valence-corrected chi connectivity index (χ1v) is 11.2. The highest BCUT2D eigenvalue weighted by molar-refractivity contribution is 5.98. The van der Waals surface area contributed by atoms with Crippen molar-refractivity contribution in [2.45, 2.75) is 6.54 Å². The van der Waals surface area contributed by atoms with E-state index in [9.17, 15) is 4.39 Å². The largest absolute Gasteiger partial charge is 0.335 e. The molecule has 0 unspecified atom stereocenters. The van der Waals surface area contributed by atoms with Gasteiger partial charge in [0, 0.05) is 41.6 Å². The van der Waals surface area contributed by atoms with Crippen molar-refractivity contribution in [3.63, 3.8) is 0 Å². The summed E-state index contributed by atoms with van der Waals surface area (Å²) in [4.78, 5) is 19.1. The SMILES string of the molecule is CN(C)Cc1cncc(-c2ccc3[nH]nc(-c4nc5c(-c6cccc(F)c6)cncc5[nH]4)c3c2)c1. The normalized spacial score (nSPS) is 11.7. The number of benzene rings is 2. The van der Waals surface area contributed by atoms with Crippen molar-refractivity contribution in [3.8, 4) is 33.8 Å². The zero-order chi connectivity index (χ0) is 23.9. The van der Waals surface area contributed by atoms with E-state index in [0.717, 1.165) is 50.8 Å². The van der Waals surface area contributed by atoms with Gasteiger partial charge in [0.1, 0.15) is 11.5 Å². The van der Waals surface area contributed by atoms with Crippen LogP contribution in [0.2, 0.25) is 0 Å². The molecule has 0 spiro atoms. The third-order valence-electron chi connectivity index (χ3n) is 5.94. The summed E-state index contributed by atoms with van der Waals surface area (Å²) in [6.07, 6.45) is 7.19. The molecule has 172 valence electrons. The van der Waals surface area contributed by atoms with E-state index in [2.05, 4.69) is 48.2 Å². The maximum atomic E-state index is 13.9. The average Bonchev–Trinajstić information content (AvgIpc) is 3.47. The van der Waals surface area contributed by atoms with Crippen molar-refractivity contribution in [3.05, 3.63) is 84.7 Å². The number of aromatic nitrogens is 6. The minimum absolute atomic E-state index is 0.301. The van der Waals surface area contributed by atoms with Gasteiger partial charge < -0.3 is 9.88 Å². The van der Waals surface area contributed by atoms with Crippen molar-refractivity contribution in [1.29, 1.82) is 0 Å². The molecular weight excluding hydrogens is 441 g/mol. The fourth-order valence-corrected chi connectivity index (χ4v) is 4.38. The number of fused-ring (bicyclic) bond motifs is 2. The summed E-state index contributed by atoms with van der Waals surface area (Å²) in [5, 5.41) is 8.60. The predicted octanol–water partition coefficient (Wildman–Crippen LogP) is 5.43. The first-order chi connectivity index (χ1) is 17.0. The van der Waals surface area contributed by atoms with Crippen LogP contribution >= 0.6 is 0 Å². The highest BCUT2D eigenvalue weighted by Crippen LogP contribution is 2.33. The van der Waals surface area contributed by atoms with E-state index in [-0.39, 0.29) is 5.82 Å². The molecule has 0 saturated carbocycles. The topological polar surface area (TPSA) is 86.4 Å². The third kappa shape index (κ3) is 3.94. The highest BCUT2D eigenvalue weighted by Gasteiger charge is 2.16. The molecule has 0 saturated heterocycles. The summed E-state index contributed by atoms with van der Waals surface area (Å²) in [6, 6.07) is 14.8. The lowest BCUT2D eigenvalue weighted by Gasteiger charge is -2.10. The van der Waals surface area contributed by atoms with Gasteiger partial charge in [0.25, 0.3) is 0 Å². The fourth-order valence-electron chi connectivity index (χ4n) is 4.38. The van der Waals surface area contributed by atoms with Crippen molar-refractivity contribution >= 4 is 21.9 Å². The molecule has 4 heterocycles. The molecule has 2 N–H and O–H groups in total. The van der Waals surface area contributed by atoms with Gasteiger partial charge in [0.2, 0.25) is 0 Å². The lowest BCUT2D eigenvalue weighted by molar-refractivity contribution is 0.402. The average molecular weight is 464 g/mol. The Bertz CT molecular complexity index is 1680. The summed E-state index contributed by atoms with van der Waals surface area (Å²) >= 11 is 0. The molecule has 0 fully saturated rings. The molecule has 8 heteroatoms. The molecule has 0 amide bonds. The molecule has 0 radical (unpaired) electrons. The molecular formula is C27H22FN7. The van der Waals surface area contributed by atoms with Gasteiger partial charge in [-0.1, -0.05) is 18.2 Å². The number of rotatable bonds is 5. The molecule has 6 rings (SSSR count). The van der Waals surface area contributed by atoms with Gasteiger partial charge in [-0.25, -0.2) is 9.37 Å². The van der Waals surface area contributed by atoms with Gasteiger partial charge in [-0.3, -0.25) is 15.1 Å². The Hall–Kier alpha value is -4.43. The predicted molar refractivity (Wildman–Crippen MR) is 135 cm³/mol. The number of nitrogens with one attached hydrogen (secondary N) is 2. The van der Waals surface area contributed by atoms with Crippen LogP contribution in [0.3, 0.4) is 0 Å². The Labute approximate surface area is 200 Å². The number of halogens is 1. The number of hydrogen-bond acceptors (Lipinski definition) is 5. The standard InChI is InChI=1S/C27H22FN7/c1-35(2)15-16-8-19(12-29-11-16)17-6-7-23-21(10-17)26(34-33-23)27-31-24-14-30-13-22(25(24)32-27)18-4-3-5-20(28)9-18/h3-14H,15H2,1-2H3,(H,31,32)(H,33,34). The van der Waals surface area contributed by atoms with Crippen LogP contribution in [-0.2, 0) is 6.54 Å². The van der Waals surface area contributed by atoms with Gasteiger partial charge in [-0.05, 0) is 61.1 Å². The van der Waals surface area contributed by atoms with E-state index >= 15 is 0 Å². The highest BCUT2D eigenvalue weighted by atomic mass is 19.1. The van der Waals surface area contributed by atoms with E-state index in [1.165, 1.54) is 12.1 Å². The molecule has 0 bridgehead atoms. The van der Waals surface area contributed by atoms with E-state index in [1.54, 1.807) is 18.5 Å². The second-order valence-corrected chi connectivity index (χ2v) is 8.83. The first kappa shape index (κ1) is 21.1. The van der Waals surface area contributed by atoms with Crippen molar-refractivity contribution in [2.75, 3.05) is 14.1 Å². The maximum Gasteiger partial charge on any atom is 0.159 e. The molecule has 0 aliphatic rings. The Balaban J connectivity index is 1.45. The minimum Gasteiger partial charge on any atom is -0.335 e.